The molecule has 23 heavy (non-hydrogen) atoms. The molecule has 0 unspecified atom stereocenters. The first-order chi connectivity index (χ1) is 11.1. The molecular weight excluding hydrogens is 308 g/mol. The lowest BCUT2D eigenvalue weighted by Crippen LogP contribution is -2.35. The zero-order valence-corrected chi connectivity index (χ0v) is 14.5. The van der Waals surface area contributed by atoms with Crippen LogP contribution in [0, 0.1) is 0 Å². The second-order valence-corrected chi connectivity index (χ2v) is 6.14. The lowest BCUT2D eigenvalue weighted by atomic mass is 10.0. The average Bonchev–Trinajstić information content (AvgIpc) is 2.61. The number of amides is 1. The molecule has 0 spiro atoms. The summed E-state index contributed by atoms with van der Waals surface area (Å²) in [5.74, 6) is 0.495. The van der Waals surface area contributed by atoms with Crippen LogP contribution in [0.25, 0.3) is 0 Å². The number of carbonyl (C=O) groups excluding carboxylic acids is 1. The van der Waals surface area contributed by atoms with E-state index in [-0.39, 0.29) is 5.91 Å². The van der Waals surface area contributed by atoms with E-state index < -0.39 is 6.04 Å². The summed E-state index contributed by atoms with van der Waals surface area (Å²) in [7, 11) is 3.34. The summed E-state index contributed by atoms with van der Waals surface area (Å²) < 4.78 is 5.29. The van der Waals surface area contributed by atoms with Crippen LogP contribution in [0.2, 0.25) is 0 Å². The SMILES string of the molecule is COc1ccccc1[C@H](N)C(=O)N(C)Cc1ccc(SC)cc1. The fraction of sp³-hybridized carbons (Fsp3) is 0.278. The molecule has 4 nitrogen and oxygen atoms in total. The van der Waals surface area contributed by atoms with E-state index in [4.69, 9.17) is 10.5 Å². The number of thioether (sulfide) groups is 1. The minimum absolute atomic E-state index is 0.136. The lowest BCUT2D eigenvalue weighted by Gasteiger charge is -2.22. The Balaban J connectivity index is 2.08. The molecule has 1 amide bonds. The monoisotopic (exact) mass is 330 g/mol. The molecule has 0 fully saturated rings. The maximum Gasteiger partial charge on any atom is 0.244 e. The summed E-state index contributed by atoms with van der Waals surface area (Å²) in [4.78, 5) is 15.4. The molecule has 0 saturated carbocycles. The second kappa shape index (κ2) is 8.04. The van der Waals surface area contributed by atoms with Crippen LogP contribution in [0.5, 0.6) is 5.75 Å². The van der Waals surface area contributed by atoms with Crippen molar-refractivity contribution in [2.24, 2.45) is 5.73 Å². The van der Waals surface area contributed by atoms with Crippen molar-refractivity contribution in [3.05, 3.63) is 59.7 Å². The highest BCUT2D eigenvalue weighted by Crippen LogP contribution is 2.25. The van der Waals surface area contributed by atoms with Crippen LogP contribution in [0.1, 0.15) is 17.2 Å². The van der Waals surface area contributed by atoms with Gasteiger partial charge in [-0.05, 0) is 30.0 Å². The van der Waals surface area contributed by atoms with E-state index in [0.717, 1.165) is 5.56 Å². The highest BCUT2D eigenvalue weighted by Gasteiger charge is 2.22. The standard InChI is InChI=1S/C18H22N2O2S/c1-20(12-13-8-10-14(23-3)11-9-13)18(21)17(19)15-6-4-5-7-16(15)22-2/h4-11,17H,12,19H2,1-3H3/t17-/m0/s1. The molecule has 0 bridgehead atoms. The molecule has 122 valence electrons. The topological polar surface area (TPSA) is 55.6 Å². The van der Waals surface area contributed by atoms with Crippen molar-refractivity contribution in [2.75, 3.05) is 20.4 Å². The Kier molecular flexibility index (Phi) is 6.07. The van der Waals surface area contributed by atoms with Crippen LogP contribution in [-0.2, 0) is 11.3 Å². The highest BCUT2D eigenvalue weighted by molar-refractivity contribution is 7.98. The van der Waals surface area contributed by atoms with Gasteiger partial charge >= 0.3 is 0 Å². The average molecular weight is 330 g/mol. The van der Waals surface area contributed by atoms with Crippen LogP contribution in [0.4, 0.5) is 0 Å². The molecule has 1 atom stereocenters. The summed E-state index contributed by atoms with van der Waals surface area (Å²) in [6, 6.07) is 14.8. The Labute approximate surface area is 141 Å². The van der Waals surface area contributed by atoms with Gasteiger partial charge in [-0.15, -0.1) is 11.8 Å². The number of hydrogen-bond donors (Lipinski definition) is 1. The molecule has 2 rings (SSSR count). The van der Waals surface area contributed by atoms with Gasteiger partial charge in [0, 0.05) is 24.1 Å². The van der Waals surface area contributed by atoms with Gasteiger partial charge in [0.2, 0.25) is 5.91 Å². The number of benzene rings is 2. The van der Waals surface area contributed by atoms with Gasteiger partial charge in [0.1, 0.15) is 11.8 Å². The molecule has 5 heteroatoms. The number of para-hydroxylation sites is 1. The number of methoxy groups -OCH3 is 1. The summed E-state index contributed by atoms with van der Waals surface area (Å²) in [6.45, 7) is 0.524. The maximum atomic E-state index is 12.6. The summed E-state index contributed by atoms with van der Waals surface area (Å²) >= 11 is 1.69. The first kappa shape index (κ1) is 17.4. The second-order valence-electron chi connectivity index (χ2n) is 5.26. The minimum atomic E-state index is -0.735. The summed E-state index contributed by atoms with van der Waals surface area (Å²) in [6.07, 6.45) is 2.04. The van der Waals surface area contributed by atoms with Crippen molar-refractivity contribution in [1.82, 2.24) is 4.90 Å². The Morgan fingerprint density at radius 1 is 1.22 bits per heavy atom. The Morgan fingerprint density at radius 3 is 2.48 bits per heavy atom. The molecule has 2 aromatic carbocycles. The molecule has 2 N–H and O–H groups in total. The first-order valence-corrected chi connectivity index (χ1v) is 8.55. The van der Waals surface area contributed by atoms with Crippen LogP contribution in [-0.4, -0.2) is 31.2 Å². The van der Waals surface area contributed by atoms with Gasteiger partial charge in [0.25, 0.3) is 0 Å². The van der Waals surface area contributed by atoms with Crippen LogP contribution in [0.3, 0.4) is 0 Å². The van der Waals surface area contributed by atoms with E-state index in [1.807, 2.05) is 42.7 Å². The Morgan fingerprint density at radius 2 is 1.87 bits per heavy atom. The number of nitrogens with zero attached hydrogens (tertiary/aromatic N) is 1. The fourth-order valence-electron chi connectivity index (χ4n) is 2.38. The molecule has 0 aromatic heterocycles. The van der Waals surface area contributed by atoms with Crippen molar-refractivity contribution in [3.63, 3.8) is 0 Å². The van der Waals surface area contributed by atoms with Crippen LogP contribution >= 0.6 is 11.8 Å². The number of ether oxygens (including phenoxy) is 1. The van der Waals surface area contributed by atoms with E-state index in [1.54, 1.807) is 30.8 Å². The normalized spacial score (nSPS) is 11.8. The molecule has 0 heterocycles. The third kappa shape index (κ3) is 4.27. The number of hydrogen-bond acceptors (Lipinski definition) is 4. The molecule has 2 aromatic rings. The predicted molar refractivity (Wildman–Crippen MR) is 94.6 cm³/mol. The predicted octanol–water partition coefficient (Wildman–Crippen LogP) is 3.08. The molecule has 0 radical (unpaired) electrons. The minimum Gasteiger partial charge on any atom is -0.496 e. The smallest absolute Gasteiger partial charge is 0.244 e. The lowest BCUT2D eigenvalue weighted by molar-refractivity contribution is -0.132. The maximum absolute atomic E-state index is 12.6. The zero-order chi connectivity index (χ0) is 16.8. The van der Waals surface area contributed by atoms with Crippen molar-refractivity contribution < 1.29 is 9.53 Å². The molecule has 0 aliphatic heterocycles. The molecule has 0 aliphatic rings. The first-order valence-electron chi connectivity index (χ1n) is 7.33. The quantitative estimate of drug-likeness (QED) is 0.827. The van der Waals surface area contributed by atoms with Gasteiger partial charge in [-0.1, -0.05) is 30.3 Å². The van der Waals surface area contributed by atoms with E-state index in [2.05, 4.69) is 12.1 Å². The van der Waals surface area contributed by atoms with Crippen molar-refractivity contribution >= 4 is 17.7 Å². The number of carbonyl (C=O) groups is 1. The van der Waals surface area contributed by atoms with Crippen molar-refractivity contribution in [3.8, 4) is 5.75 Å². The number of likely N-dealkylation sites (N-methyl/N-ethyl adjacent to an activating group) is 1. The van der Waals surface area contributed by atoms with Crippen LogP contribution < -0.4 is 10.5 Å². The van der Waals surface area contributed by atoms with E-state index in [0.29, 0.717) is 17.9 Å². The Hall–Kier alpha value is -1.98. The highest BCUT2D eigenvalue weighted by atomic mass is 32.2. The van der Waals surface area contributed by atoms with Gasteiger partial charge < -0.3 is 15.4 Å². The van der Waals surface area contributed by atoms with Gasteiger partial charge in [-0.3, -0.25) is 4.79 Å². The molecule has 0 saturated heterocycles. The summed E-state index contributed by atoms with van der Waals surface area (Å²) in [5, 5.41) is 0. The number of rotatable bonds is 6. The van der Waals surface area contributed by atoms with E-state index in [1.165, 1.54) is 4.90 Å². The fourth-order valence-corrected chi connectivity index (χ4v) is 2.78. The van der Waals surface area contributed by atoms with Gasteiger partial charge in [-0.25, -0.2) is 0 Å². The molecular formula is C18H22N2O2S. The summed E-state index contributed by atoms with van der Waals surface area (Å²) in [5.41, 5.74) is 7.91. The molecule has 0 aliphatic carbocycles. The largest absolute Gasteiger partial charge is 0.496 e. The Bertz CT molecular complexity index is 658. The van der Waals surface area contributed by atoms with Crippen molar-refractivity contribution in [1.29, 1.82) is 0 Å². The zero-order valence-electron chi connectivity index (χ0n) is 13.7. The van der Waals surface area contributed by atoms with Crippen molar-refractivity contribution in [2.45, 2.75) is 17.5 Å². The van der Waals surface area contributed by atoms with Gasteiger partial charge in [0.15, 0.2) is 0 Å². The number of nitrogens with two attached hydrogens (primary N) is 1. The van der Waals surface area contributed by atoms with Gasteiger partial charge in [0.05, 0.1) is 7.11 Å². The van der Waals surface area contributed by atoms with E-state index >= 15 is 0 Å². The van der Waals surface area contributed by atoms with Crippen LogP contribution in [0.15, 0.2) is 53.4 Å². The van der Waals surface area contributed by atoms with E-state index in [9.17, 15) is 4.79 Å². The third-order valence-corrected chi connectivity index (χ3v) is 4.44. The van der Waals surface area contributed by atoms with Gasteiger partial charge in [-0.2, -0.15) is 0 Å². The third-order valence-electron chi connectivity index (χ3n) is 3.70.